The zero-order chi connectivity index (χ0) is 19.8. The van der Waals surface area contributed by atoms with Crippen molar-refractivity contribution in [2.75, 3.05) is 5.01 Å². The van der Waals surface area contributed by atoms with Crippen LogP contribution in [0.5, 0.6) is 5.75 Å². The normalized spacial score (nSPS) is 11.4. The molecule has 0 atom stereocenters. The van der Waals surface area contributed by atoms with Crippen LogP contribution in [-0.4, -0.2) is 11.9 Å². The number of benzene rings is 2. The highest BCUT2D eigenvalue weighted by Crippen LogP contribution is 2.35. The van der Waals surface area contributed by atoms with Crippen LogP contribution in [0.1, 0.15) is 36.9 Å². The fourth-order valence-electron chi connectivity index (χ4n) is 2.62. The van der Waals surface area contributed by atoms with Crippen LogP contribution in [0.4, 0.5) is 5.69 Å². The number of nitrogens with zero attached hydrogens (tertiary/aromatic N) is 1. The Balaban J connectivity index is 2.02. The van der Waals surface area contributed by atoms with Gasteiger partial charge in [0.05, 0.1) is 16.5 Å². The molecule has 140 valence electrons. The molecule has 2 aromatic carbocycles. The highest BCUT2D eigenvalue weighted by atomic mass is 16.5. The van der Waals surface area contributed by atoms with Gasteiger partial charge in [-0.25, -0.2) is 10.9 Å². The van der Waals surface area contributed by atoms with Crippen LogP contribution in [0.3, 0.4) is 0 Å². The maximum absolute atomic E-state index is 12.8. The van der Waals surface area contributed by atoms with Crippen molar-refractivity contribution < 1.29 is 18.7 Å². The van der Waals surface area contributed by atoms with Gasteiger partial charge >= 0.3 is 11.9 Å². The predicted molar refractivity (Wildman–Crippen MR) is 103 cm³/mol. The predicted octanol–water partition coefficient (Wildman–Crippen LogP) is 4.21. The minimum atomic E-state index is -0.653. The first kappa shape index (κ1) is 18.7. The number of fused-ring (bicyclic) bond motifs is 1. The molecule has 0 spiro atoms. The molecule has 0 fully saturated rings. The second-order valence-electron chi connectivity index (χ2n) is 7.34. The van der Waals surface area contributed by atoms with Gasteiger partial charge in [-0.05, 0) is 52.0 Å². The lowest BCUT2D eigenvalue weighted by Gasteiger charge is -2.17. The molecule has 0 aliphatic carbocycles. The fraction of sp³-hybridized carbons (Fsp3) is 0.238. The second-order valence-corrected chi connectivity index (χ2v) is 7.34. The van der Waals surface area contributed by atoms with E-state index >= 15 is 0 Å². The van der Waals surface area contributed by atoms with Gasteiger partial charge in [-0.2, -0.15) is 0 Å². The molecule has 0 aliphatic heterocycles. The SMILES string of the molecule is Cc1c(C(=O)N(N)c2ccccc2)oc2cccc(OC(=O)C(C)(C)C)c12. The number of carbonyl (C=O) groups excluding carboxylic acids is 2. The maximum Gasteiger partial charge on any atom is 0.316 e. The summed E-state index contributed by atoms with van der Waals surface area (Å²) in [6.45, 7) is 7.07. The van der Waals surface area contributed by atoms with Gasteiger partial charge < -0.3 is 9.15 Å². The first-order valence-electron chi connectivity index (χ1n) is 8.58. The van der Waals surface area contributed by atoms with Crippen molar-refractivity contribution in [2.45, 2.75) is 27.7 Å². The van der Waals surface area contributed by atoms with Crippen LogP contribution in [0.15, 0.2) is 52.9 Å². The van der Waals surface area contributed by atoms with Gasteiger partial charge in [-0.3, -0.25) is 9.59 Å². The lowest BCUT2D eigenvalue weighted by atomic mass is 9.97. The molecular formula is C21H22N2O4. The van der Waals surface area contributed by atoms with Gasteiger partial charge in [-0.1, -0.05) is 24.3 Å². The Hall–Kier alpha value is -3.12. The number of anilines is 1. The van der Waals surface area contributed by atoms with Gasteiger partial charge in [-0.15, -0.1) is 0 Å². The molecule has 1 heterocycles. The molecule has 0 aliphatic rings. The molecular weight excluding hydrogens is 344 g/mol. The van der Waals surface area contributed by atoms with Gasteiger partial charge in [0.15, 0.2) is 5.76 Å². The summed E-state index contributed by atoms with van der Waals surface area (Å²) in [6, 6.07) is 14.0. The van der Waals surface area contributed by atoms with Crippen LogP contribution < -0.4 is 15.6 Å². The molecule has 0 saturated heterocycles. The summed E-state index contributed by atoms with van der Waals surface area (Å²) in [5, 5.41) is 1.62. The standard InChI is InChI=1S/C21H22N2O4/c1-13-17-15(11-8-12-16(17)27-20(25)21(2,3)4)26-18(13)19(24)23(22)14-9-6-5-7-10-14/h5-12H,22H2,1-4H3. The van der Waals surface area contributed by atoms with Crippen molar-refractivity contribution >= 4 is 28.5 Å². The topological polar surface area (TPSA) is 85.8 Å². The lowest BCUT2D eigenvalue weighted by molar-refractivity contribution is -0.142. The Labute approximate surface area is 157 Å². The van der Waals surface area contributed by atoms with E-state index in [4.69, 9.17) is 15.0 Å². The lowest BCUT2D eigenvalue weighted by Crippen LogP contribution is -2.37. The zero-order valence-corrected chi connectivity index (χ0v) is 15.8. The molecule has 6 nitrogen and oxygen atoms in total. The fourth-order valence-corrected chi connectivity index (χ4v) is 2.62. The van der Waals surface area contributed by atoms with Gasteiger partial charge in [0.1, 0.15) is 11.3 Å². The number of carbonyl (C=O) groups is 2. The Morgan fingerprint density at radius 2 is 1.70 bits per heavy atom. The molecule has 0 saturated carbocycles. The summed E-state index contributed by atoms with van der Waals surface area (Å²) in [4.78, 5) is 25.1. The van der Waals surface area contributed by atoms with E-state index in [0.717, 1.165) is 5.01 Å². The third-order valence-corrected chi connectivity index (χ3v) is 4.18. The molecule has 3 rings (SSSR count). The van der Waals surface area contributed by atoms with Crippen LogP contribution >= 0.6 is 0 Å². The quantitative estimate of drug-likeness (QED) is 0.247. The number of furan rings is 1. The van der Waals surface area contributed by atoms with E-state index in [-0.39, 0.29) is 11.7 Å². The minimum absolute atomic E-state index is 0.107. The van der Waals surface area contributed by atoms with Crippen LogP contribution in [0, 0.1) is 12.3 Å². The first-order chi connectivity index (χ1) is 12.7. The molecule has 6 heteroatoms. The van der Waals surface area contributed by atoms with Crippen molar-refractivity contribution in [3.8, 4) is 5.75 Å². The number of esters is 1. The Kier molecular flexibility index (Phi) is 4.76. The summed E-state index contributed by atoms with van der Waals surface area (Å²) in [6.07, 6.45) is 0. The summed E-state index contributed by atoms with van der Waals surface area (Å²) in [5.74, 6) is 5.59. The number of hydrazine groups is 1. The van der Waals surface area contributed by atoms with Gasteiger partial charge in [0.25, 0.3) is 0 Å². The molecule has 2 N–H and O–H groups in total. The number of para-hydroxylation sites is 1. The summed E-state index contributed by atoms with van der Waals surface area (Å²) >= 11 is 0. The first-order valence-corrected chi connectivity index (χ1v) is 8.58. The Bertz CT molecular complexity index is 1000. The van der Waals surface area contributed by atoms with E-state index < -0.39 is 11.3 Å². The van der Waals surface area contributed by atoms with Crippen LogP contribution in [0.25, 0.3) is 11.0 Å². The molecule has 1 aromatic heterocycles. The largest absolute Gasteiger partial charge is 0.450 e. The van der Waals surface area contributed by atoms with E-state index in [1.807, 2.05) is 6.07 Å². The Morgan fingerprint density at radius 3 is 2.33 bits per heavy atom. The average Bonchev–Trinajstić information content (AvgIpc) is 2.98. The maximum atomic E-state index is 12.8. The number of hydrogen-bond acceptors (Lipinski definition) is 5. The summed E-state index contributed by atoms with van der Waals surface area (Å²) in [5.41, 5.74) is 0.914. The Morgan fingerprint density at radius 1 is 1.04 bits per heavy atom. The molecule has 0 bridgehead atoms. The monoisotopic (exact) mass is 366 g/mol. The van der Waals surface area contributed by atoms with Gasteiger partial charge in [0, 0.05) is 5.56 Å². The van der Waals surface area contributed by atoms with Crippen molar-refractivity contribution in [1.29, 1.82) is 0 Å². The third kappa shape index (κ3) is 3.57. The zero-order valence-electron chi connectivity index (χ0n) is 15.8. The van der Waals surface area contributed by atoms with Crippen molar-refractivity contribution in [3.05, 3.63) is 59.9 Å². The number of rotatable bonds is 3. The second kappa shape index (κ2) is 6.89. The van der Waals surface area contributed by atoms with Gasteiger partial charge in [0.2, 0.25) is 0 Å². The van der Waals surface area contributed by atoms with E-state index in [9.17, 15) is 9.59 Å². The average molecular weight is 366 g/mol. The van der Waals surface area contributed by atoms with E-state index in [0.29, 0.717) is 28.0 Å². The van der Waals surface area contributed by atoms with Crippen molar-refractivity contribution in [2.24, 2.45) is 11.3 Å². The highest BCUT2D eigenvalue weighted by Gasteiger charge is 2.27. The van der Waals surface area contributed by atoms with Crippen LogP contribution in [0.2, 0.25) is 0 Å². The smallest absolute Gasteiger partial charge is 0.316 e. The summed E-state index contributed by atoms with van der Waals surface area (Å²) < 4.78 is 11.3. The number of nitrogens with two attached hydrogens (primary N) is 1. The molecule has 3 aromatic rings. The summed E-state index contributed by atoms with van der Waals surface area (Å²) in [7, 11) is 0. The van der Waals surface area contributed by atoms with Crippen LogP contribution in [-0.2, 0) is 4.79 Å². The molecule has 1 amide bonds. The minimum Gasteiger partial charge on any atom is -0.450 e. The number of hydrogen-bond donors (Lipinski definition) is 1. The van der Waals surface area contributed by atoms with E-state index in [1.165, 1.54) is 0 Å². The van der Waals surface area contributed by atoms with E-state index in [1.54, 1.807) is 70.2 Å². The van der Waals surface area contributed by atoms with Crippen molar-refractivity contribution in [3.63, 3.8) is 0 Å². The van der Waals surface area contributed by atoms with E-state index in [2.05, 4.69) is 0 Å². The number of aryl methyl sites for hydroxylation is 1. The third-order valence-electron chi connectivity index (χ3n) is 4.18. The molecule has 27 heavy (non-hydrogen) atoms. The molecule has 0 unspecified atom stereocenters. The number of ether oxygens (including phenoxy) is 1. The number of amides is 1. The molecule has 0 radical (unpaired) electrons. The highest BCUT2D eigenvalue weighted by molar-refractivity contribution is 6.08. The van der Waals surface area contributed by atoms with Crippen molar-refractivity contribution in [1.82, 2.24) is 0 Å².